The van der Waals surface area contributed by atoms with Crippen molar-refractivity contribution >= 4 is 28.7 Å². The number of carbonyl (C=O) groups excluding carboxylic acids is 2. The van der Waals surface area contributed by atoms with Crippen molar-refractivity contribution in [2.45, 2.75) is 64.2 Å². The number of hydrogen-bond acceptors (Lipinski definition) is 7. The number of anilines is 1. The Hall–Kier alpha value is -3.86. The molecule has 1 aliphatic rings. The highest BCUT2D eigenvalue weighted by atomic mass is 19.3. The molecule has 0 bridgehead atoms. The molecule has 3 aromatic rings. The fraction of sp³-hybridized carbons (Fsp3) is 0.452. The number of nitrogens with zero attached hydrogens (tertiary/aromatic N) is 2. The van der Waals surface area contributed by atoms with Gasteiger partial charge in [0.05, 0.1) is 35.4 Å². The van der Waals surface area contributed by atoms with E-state index < -0.39 is 47.1 Å². The Balaban J connectivity index is 1.74. The standard InChI is InChI=1S/C31H36F3N3O5/c1-18(19-8-7-9-20(26(19)32)27(33)34)36-24-10-13-35-25-17-21(28(38)40-5)23(16-22(24)25)31(41-6)11-14-37(15-12-31)29(39)42-30(2,3)4/h7-10,13,16-18,27H,11-12,14-15H2,1-6H3,(H,35,36). The van der Waals surface area contributed by atoms with E-state index >= 15 is 0 Å². The van der Waals surface area contributed by atoms with E-state index in [1.165, 1.54) is 25.4 Å². The summed E-state index contributed by atoms with van der Waals surface area (Å²) in [4.78, 5) is 31.7. The second-order valence-corrected chi connectivity index (χ2v) is 11.3. The maximum absolute atomic E-state index is 14.9. The van der Waals surface area contributed by atoms with Crippen LogP contribution in [0, 0.1) is 5.82 Å². The second kappa shape index (κ2) is 12.2. The zero-order valence-electron chi connectivity index (χ0n) is 24.6. The molecule has 2 aromatic carbocycles. The number of halogens is 3. The molecule has 2 heterocycles. The Morgan fingerprint density at radius 1 is 1.07 bits per heavy atom. The molecule has 1 amide bonds. The van der Waals surface area contributed by atoms with Gasteiger partial charge in [0.1, 0.15) is 11.4 Å². The summed E-state index contributed by atoms with van der Waals surface area (Å²) in [6.45, 7) is 7.74. The third-order valence-electron chi connectivity index (χ3n) is 7.52. The van der Waals surface area contributed by atoms with E-state index in [0.29, 0.717) is 48.1 Å². The number of esters is 1. The highest BCUT2D eigenvalue weighted by Gasteiger charge is 2.41. The lowest BCUT2D eigenvalue weighted by atomic mass is 9.80. The SMILES string of the molecule is COC(=O)c1cc2nccc(NC(C)c3cccc(C(F)F)c3F)c2cc1C1(OC)CCN(C(=O)OC(C)(C)C)CC1. The van der Waals surface area contributed by atoms with E-state index in [1.54, 1.807) is 57.9 Å². The van der Waals surface area contributed by atoms with Gasteiger partial charge in [0, 0.05) is 43.0 Å². The third kappa shape index (κ3) is 6.30. The summed E-state index contributed by atoms with van der Waals surface area (Å²) in [6.07, 6.45) is -1.07. The third-order valence-corrected chi connectivity index (χ3v) is 7.52. The van der Waals surface area contributed by atoms with Gasteiger partial charge in [-0.2, -0.15) is 0 Å². The smallest absolute Gasteiger partial charge is 0.410 e. The van der Waals surface area contributed by atoms with Gasteiger partial charge in [0.2, 0.25) is 0 Å². The first kappa shape index (κ1) is 31.1. The topological polar surface area (TPSA) is 90.0 Å². The van der Waals surface area contributed by atoms with Crippen LogP contribution in [-0.2, 0) is 19.8 Å². The molecule has 0 aliphatic carbocycles. The molecule has 1 atom stereocenters. The van der Waals surface area contributed by atoms with E-state index in [4.69, 9.17) is 14.2 Å². The summed E-state index contributed by atoms with van der Waals surface area (Å²) in [5, 5.41) is 3.84. The van der Waals surface area contributed by atoms with Crippen LogP contribution in [0.15, 0.2) is 42.6 Å². The molecule has 0 spiro atoms. The van der Waals surface area contributed by atoms with Crippen molar-refractivity contribution in [3.63, 3.8) is 0 Å². The number of ether oxygens (including phenoxy) is 3. The Labute approximate surface area is 243 Å². The van der Waals surface area contributed by atoms with Gasteiger partial charge in [-0.3, -0.25) is 4.98 Å². The summed E-state index contributed by atoms with van der Waals surface area (Å²) in [6, 6.07) is 8.35. The number of nitrogens with one attached hydrogen (secondary N) is 1. The van der Waals surface area contributed by atoms with Gasteiger partial charge in [-0.25, -0.2) is 22.8 Å². The molecule has 1 aromatic heterocycles. The molecule has 226 valence electrons. The van der Waals surface area contributed by atoms with E-state index in [2.05, 4.69) is 10.3 Å². The molecule has 1 fully saturated rings. The van der Waals surface area contributed by atoms with Gasteiger partial charge in [-0.1, -0.05) is 18.2 Å². The van der Waals surface area contributed by atoms with Crippen molar-refractivity contribution in [1.29, 1.82) is 0 Å². The normalized spacial score (nSPS) is 15.9. The van der Waals surface area contributed by atoms with Crippen LogP contribution in [0.5, 0.6) is 0 Å². The van der Waals surface area contributed by atoms with Crippen molar-refractivity contribution in [2.24, 2.45) is 0 Å². The Kier molecular flexibility index (Phi) is 9.01. The number of methoxy groups -OCH3 is 2. The van der Waals surface area contributed by atoms with Crippen molar-refractivity contribution in [2.75, 3.05) is 32.6 Å². The zero-order valence-corrected chi connectivity index (χ0v) is 24.6. The quantitative estimate of drug-likeness (QED) is 0.294. The Morgan fingerprint density at radius 2 is 1.74 bits per heavy atom. The van der Waals surface area contributed by atoms with Gasteiger partial charge >= 0.3 is 12.1 Å². The van der Waals surface area contributed by atoms with Crippen LogP contribution in [0.3, 0.4) is 0 Å². The molecule has 1 saturated heterocycles. The monoisotopic (exact) mass is 587 g/mol. The lowest BCUT2D eigenvalue weighted by Gasteiger charge is -2.42. The Bertz CT molecular complexity index is 1470. The molecule has 0 radical (unpaired) electrons. The molecule has 4 rings (SSSR count). The summed E-state index contributed by atoms with van der Waals surface area (Å²) in [7, 11) is 2.84. The molecule has 11 heteroatoms. The lowest BCUT2D eigenvalue weighted by Crippen LogP contribution is -2.48. The zero-order chi connectivity index (χ0) is 30.8. The fourth-order valence-corrected chi connectivity index (χ4v) is 5.32. The number of amides is 1. The van der Waals surface area contributed by atoms with Gasteiger partial charge in [0.25, 0.3) is 6.43 Å². The maximum Gasteiger partial charge on any atom is 0.410 e. The van der Waals surface area contributed by atoms with Gasteiger partial charge in [-0.05, 0) is 64.3 Å². The summed E-state index contributed by atoms with van der Waals surface area (Å²) in [5.74, 6) is -1.54. The average Bonchev–Trinajstić information content (AvgIpc) is 2.95. The minimum atomic E-state index is -2.94. The molecule has 1 aliphatic heterocycles. The average molecular weight is 588 g/mol. The fourth-order valence-electron chi connectivity index (χ4n) is 5.32. The van der Waals surface area contributed by atoms with Crippen LogP contribution >= 0.6 is 0 Å². The number of rotatable bonds is 7. The second-order valence-electron chi connectivity index (χ2n) is 11.3. The lowest BCUT2D eigenvalue weighted by molar-refractivity contribution is -0.0655. The maximum atomic E-state index is 14.9. The van der Waals surface area contributed by atoms with Crippen LogP contribution in [0.1, 0.15) is 80.1 Å². The summed E-state index contributed by atoms with van der Waals surface area (Å²) in [5.41, 5.74) is -0.293. The minimum absolute atomic E-state index is 0.0899. The number of hydrogen-bond donors (Lipinski definition) is 1. The minimum Gasteiger partial charge on any atom is -0.465 e. The number of fused-ring (bicyclic) bond motifs is 1. The first-order chi connectivity index (χ1) is 19.8. The molecular weight excluding hydrogens is 551 g/mol. The molecule has 8 nitrogen and oxygen atoms in total. The van der Waals surface area contributed by atoms with Crippen LogP contribution in [0.2, 0.25) is 0 Å². The summed E-state index contributed by atoms with van der Waals surface area (Å²) < 4.78 is 58.3. The molecule has 42 heavy (non-hydrogen) atoms. The van der Waals surface area contributed by atoms with E-state index in [0.717, 1.165) is 6.07 Å². The molecule has 0 saturated carbocycles. The number of piperidine rings is 1. The number of likely N-dealkylation sites (tertiary alicyclic amines) is 1. The molecular formula is C31H36F3N3O5. The number of pyridine rings is 1. The van der Waals surface area contributed by atoms with E-state index in [1.807, 2.05) is 0 Å². The first-order valence-electron chi connectivity index (χ1n) is 13.7. The number of benzene rings is 2. The Morgan fingerprint density at radius 3 is 2.33 bits per heavy atom. The predicted octanol–water partition coefficient (Wildman–Crippen LogP) is 7.14. The largest absolute Gasteiger partial charge is 0.465 e. The van der Waals surface area contributed by atoms with E-state index in [9.17, 15) is 22.8 Å². The molecule has 1 N–H and O–H groups in total. The van der Waals surface area contributed by atoms with Crippen LogP contribution in [0.4, 0.5) is 23.7 Å². The van der Waals surface area contributed by atoms with Crippen LogP contribution in [-0.4, -0.2) is 54.9 Å². The van der Waals surface area contributed by atoms with E-state index in [-0.39, 0.29) is 11.1 Å². The van der Waals surface area contributed by atoms with Crippen LogP contribution in [0.25, 0.3) is 10.9 Å². The number of aromatic nitrogens is 1. The molecule has 1 unspecified atom stereocenters. The number of carbonyl (C=O) groups is 2. The van der Waals surface area contributed by atoms with Crippen molar-refractivity contribution in [3.8, 4) is 0 Å². The van der Waals surface area contributed by atoms with Gasteiger partial charge < -0.3 is 24.4 Å². The van der Waals surface area contributed by atoms with Crippen LogP contribution < -0.4 is 5.32 Å². The number of alkyl halides is 2. The first-order valence-corrected chi connectivity index (χ1v) is 13.7. The van der Waals surface area contributed by atoms with Crippen molar-refractivity contribution in [3.05, 3.63) is 70.7 Å². The van der Waals surface area contributed by atoms with Gasteiger partial charge in [-0.15, -0.1) is 0 Å². The van der Waals surface area contributed by atoms with Crippen molar-refractivity contribution in [1.82, 2.24) is 9.88 Å². The van der Waals surface area contributed by atoms with Gasteiger partial charge in [0.15, 0.2) is 0 Å². The highest BCUT2D eigenvalue weighted by Crippen LogP contribution is 2.41. The van der Waals surface area contributed by atoms with Crippen molar-refractivity contribution < 1.29 is 37.0 Å². The highest BCUT2D eigenvalue weighted by molar-refractivity contribution is 6.00. The summed E-state index contributed by atoms with van der Waals surface area (Å²) >= 11 is 0. The predicted molar refractivity (Wildman–Crippen MR) is 152 cm³/mol.